The number of aryl methyl sites for hydroxylation is 1. The number of H-pyrrole nitrogens is 2. The smallest absolute Gasteiger partial charge is 0.274 e. The van der Waals surface area contributed by atoms with Gasteiger partial charge < -0.3 is 4.98 Å². The van der Waals surface area contributed by atoms with E-state index in [1.807, 2.05) is 0 Å². The standard InChI is InChI=1S/C6H6N4OS/c1-3-2-4(11)10-5(7-3)8-6(12)9-10/h2H,1H3,(H2,7,8,9,12). The number of rotatable bonds is 0. The van der Waals surface area contributed by atoms with E-state index in [0.717, 1.165) is 5.69 Å². The van der Waals surface area contributed by atoms with Crippen LogP contribution in [0, 0.1) is 11.7 Å². The monoisotopic (exact) mass is 182 g/mol. The predicted molar refractivity (Wildman–Crippen MR) is 45.7 cm³/mol. The van der Waals surface area contributed by atoms with Crippen molar-refractivity contribution in [1.82, 2.24) is 19.6 Å². The summed E-state index contributed by atoms with van der Waals surface area (Å²) in [4.78, 5) is 18.0. The molecule has 0 spiro atoms. The average molecular weight is 182 g/mol. The van der Waals surface area contributed by atoms with Crippen molar-refractivity contribution in [2.24, 2.45) is 0 Å². The summed E-state index contributed by atoms with van der Waals surface area (Å²) < 4.78 is 1.57. The maximum Gasteiger partial charge on any atom is 0.274 e. The Morgan fingerprint density at radius 2 is 2.42 bits per heavy atom. The molecule has 2 aromatic heterocycles. The van der Waals surface area contributed by atoms with E-state index in [1.165, 1.54) is 10.6 Å². The van der Waals surface area contributed by atoms with E-state index in [-0.39, 0.29) is 5.56 Å². The van der Waals surface area contributed by atoms with Gasteiger partial charge in [-0.2, -0.15) is 9.50 Å². The van der Waals surface area contributed by atoms with Crippen molar-refractivity contribution in [3.8, 4) is 0 Å². The molecule has 0 aliphatic carbocycles. The molecule has 0 radical (unpaired) electrons. The molecule has 6 heteroatoms. The molecular weight excluding hydrogens is 176 g/mol. The van der Waals surface area contributed by atoms with Crippen molar-refractivity contribution in [1.29, 1.82) is 0 Å². The molecule has 0 aliphatic heterocycles. The first kappa shape index (κ1) is 7.23. The zero-order valence-corrected chi connectivity index (χ0v) is 7.10. The third-order valence-corrected chi connectivity index (χ3v) is 1.68. The molecular formula is C6H6N4OS. The largest absolute Gasteiger partial charge is 0.328 e. The van der Waals surface area contributed by atoms with Crippen molar-refractivity contribution in [3.63, 3.8) is 0 Å². The van der Waals surface area contributed by atoms with Crippen LogP contribution in [-0.2, 0) is 0 Å². The number of nitrogens with one attached hydrogen (secondary N) is 2. The van der Waals surface area contributed by atoms with E-state index in [9.17, 15) is 4.79 Å². The van der Waals surface area contributed by atoms with Gasteiger partial charge in [-0.05, 0) is 19.1 Å². The number of hydrogen-bond donors (Lipinski definition) is 2. The Kier molecular flexibility index (Phi) is 1.37. The Bertz CT molecular complexity index is 534. The predicted octanol–water partition coefficient (Wildman–Crippen LogP) is 0.389. The molecule has 2 heterocycles. The summed E-state index contributed by atoms with van der Waals surface area (Å²) in [7, 11) is 0. The first-order valence-electron chi connectivity index (χ1n) is 3.35. The summed E-state index contributed by atoms with van der Waals surface area (Å²) in [5.74, 6) is 0.449. The topological polar surface area (TPSA) is 65.9 Å². The fourth-order valence-electron chi connectivity index (χ4n) is 1.03. The maximum atomic E-state index is 11.2. The Balaban J connectivity index is 3.08. The minimum Gasteiger partial charge on any atom is -0.328 e. The highest BCUT2D eigenvalue weighted by molar-refractivity contribution is 7.71. The van der Waals surface area contributed by atoms with Gasteiger partial charge in [0.05, 0.1) is 0 Å². The van der Waals surface area contributed by atoms with Crippen LogP contribution in [-0.4, -0.2) is 19.6 Å². The number of hydrogen-bond acceptors (Lipinski definition) is 3. The lowest BCUT2D eigenvalue weighted by Crippen LogP contribution is -2.14. The highest BCUT2D eigenvalue weighted by Gasteiger charge is 1.99. The van der Waals surface area contributed by atoms with Crippen molar-refractivity contribution < 1.29 is 0 Å². The Morgan fingerprint density at radius 3 is 3.17 bits per heavy atom. The highest BCUT2D eigenvalue weighted by atomic mass is 32.1. The van der Waals surface area contributed by atoms with Crippen LogP contribution >= 0.6 is 12.2 Å². The van der Waals surface area contributed by atoms with Crippen LogP contribution in [0.4, 0.5) is 0 Å². The Morgan fingerprint density at radius 1 is 1.67 bits per heavy atom. The summed E-state index contributed by atoms with van der Waals surface area (Å²) in [6.07, 6.45) is 0. The number of aromatic nitrogens is 4. The van der Waals surface area contributed by atoms with E-state index < -0.39 is 0 Å². The van der Waals surface area contributed by atoms with Crippen LogP contribution in [0.2, 0.25) is 0 Å². The molecule has 0 bridgehead atoms. The van der Waals surface area contributed by atoms with Crippen molar-refractivity contribution in [2.45, 2.75) is 6.92 Å². The minimum atomic E-state index is -0.162. The zero-order valence-electron chi connectivity index (χ0n) is 6.29. The van der Waals surface area contributed by atoms with Crippen LogP contribution in [0.5, 0.6) is 0 Å². The van der Waals surface area contributed by atoms with Crippen LogP contribution < -0.4 is 5.56 Å². The van der Waals surface area contributed by atoms with E-state index in [2.05, 4.69) is 15.1 Å². The molecule has 12 heavy (non-hydrogen) atoms. The fourth-order valence-corrected chi connectivity index (χ4v) is 1.20. The van der Waals surface area contributed by atoms with Gasteiger partial charge in [-0.25, -0.2) is 0 Å². The molecule has 0 aromatic carbocycles. The lowest BCUT2D eigenvalue weighted by molar-refractivity contribution is 0.884. The molecule has 2 N–H and O–H groups in total. The second-order valence-electron chi connectivity index (χ2n) is 2.48. The molecule has 5 nitrogen and oxygen atoms in total. The Labute approximate surface area is 72.1 Å². The van der Waals surface area contributed by atoms with E-state index in [0.29, 0.717) is 10.5 Å². The zero-order chi connectivity index (χ0) is 8.72. The SMILES string of the molecule is Cc1cc(=O)n2[nH]c(=S)nc2[nH]1. The number of fused-ring (bicyclic) bond motifs is 1. The van der Waals surface area contributed by atoms with Crippen LogP contribution in [0.3, 0.4) is 0 Å². The quantitative estimate of drug-likeness (QED) is 0.579. The first-order valence-corrected chi connectivity index (χ1v) is 3.76. The van der Waals surface area contributed by atoms with Gasteiger partial charge in [0.2, 0.25) is 10.5 Å². The average Bonchev–Trinajstić information content (AvgIpc) is 2.29. The summed E-state index contributed by atoms with van der Waals surface area (Å²) >= 11 is 4.77. The lowest BCUT2D eigenvalue weighted by atomic mass is 10.5. The van der Waals surface area contributed by atoms with Gasteiger partial charge in [-0.3, -0.25) is 9.89 Å². The fraction of sp³-hybridized carbons (Fsp3) is 0.167. The molecule has 0 fully saturated rings. The van der Waals surface area contributed by atoms with Crippen molar-refractivity contribution >= 4 is 18.0 Å². The van der Waals surface area contributed by atoms with Crippen molar-refractivity contribution in [2.75, 3.05) is 0 Å². The second-order valence-corrected chi connectivity index (χ2v) is 2.87. The van der Waals surface area contributed by atoms with E-state index in [4.69, 9.17) is 12.2 Å². The molecule has 0 saturated carbocycles. The van der Waals surface area contributed by atoms with Crippen LogP contribution in [0.15, 0.2) is 10.9 Å². The summed E-state index contributed by atoms with van der Waals surface area (Å²) in [5, 5.41) is 2.63. The molecule has 0 unspecified atom stereocenters. The second kappa shape index (κ2) is 2.28. The summed E-state index contributed by atoms with van der Waals surface area (Å²) in [5.41, 5.74) is 0.603. The molecule has 2 rings (SSSR count). The van der Waals surface area contributed by atoms with Gasteiger partial charge in [0, 0.05) is 11.8 Å². The normalized spacial score (nSPS) is 10.8. The molecule has 62 valence electrons. The number of nitrogens with zero attached hydrogens (tertiary/aromatic N) is 2. The minimum absolute atomic E-state index is 0.162. The molecule has 2 aromatic rings. The molecule has 0 amide bonds. The maximum absolute atomic E-state index is 11.2. The van der Waals surface area contributed by atoms with Gasteiger partial charge in [0.15, 0.2) is 0 Å². The van der Waals surface area contributed by atoms with Gasteiger partial charge in [0.25, 0.3) is 5.56 Å². The molecule has 0 saturated heterocycles. The lowest BCUT2D eigenvalue weighted by Gasteiger charge is -1.92. The third-order valence-electron chi connectivity index (χ3n) is 1.50. The summed E-state index contributed by atoms with van der Waals surface area (Å²) in [6, 6.07) is 1.47. The van der Waals surface area contributed by atoms with Gasteiger partial charge in [-0.1, -0.05) is 0 Å². The molecule has 0 aliphatic rings. The number of aromatic amines is 2. The first-order chi connectivity index (χ1) is 5.66. The highest BCUT2D eigenvalue weighted by Crippen LogP contribution is 1.91. The van der Waals surface area contributed by atoms with Crippen LogP contribution in [0.25, 0.3) is 5.78 Å². The van der Waals surface area contributed by atoms with Crippen LogP contribution in [0.1, 0.15) is 5.69 Å². The van der Waals surface area contributed by atoms with E-state index >= 15 is 0 Å². The van der Waals surface area contributed by atoms with Crippen molar-refractivity contribution in [3.05, 3.63) is 26.9 Å². The van der Waals surface area contributed by atoms with Gasteiger partial charge in [-0.15, -0.1) is 0 Å². The van der Waals surface area contributed by atoms with Gasteiger partial charge in [0.1, 0.15) is 0 Å². The Hall–Kier alpha value is -1.43. The van der Waals surface area contributed by atoms with E-state index in [1.54, 1.807) is 6.92 Å². The molecule has 0 atom stereocenters. The van der Waals surface area contributed by atoms with Gasteiger partial charge >= 0.3 is 0 Å². The third kappa shape index (κ3) is 0.964. The summed E-state index contributed by atoms with van der Waals surface area (Å²) in [6.45, 7) is 1.79.